The second-order valence-electron chi connectivity index (χ2n) is 14.6. The van der Waals surface area contributed by atoms with Crippen LogP contribution >= 0.6 is 21.6 Å². The summed E-state index contributed by atoms with van der Waals surface area (Å²) >= 11 is 0. The van der Waals surface area contributed by atoms with Crippen molar-refractivity contribution in [1.29, 1.82) is 0 Å². The van der Waals surface area contributed by atoms with E-state index in [0.29, 0.717) is 35.2 Å². The van der Waals surface area contributed by atoms with Gasteiger partial charge in [0.2, 0.25) is 11.8 Å². The zero-order chi connectivity index (χ0) is 43.2. The topological polar surface area (TPSA) is 161 Å². The van der Waals surface area contributed by atoms with Gasteiger partial charge in [-0.25, -0.2) is 9.59 Å². The summed E-state index contributed by atoms with van der Waals surface area (Å²) in [5.74, 6) is 1.27. The van der Waals surface area contributed by atoms with Gasteiger partial charge in [-0.1, -0.05) is 144 Å². The third-order valence-corrected chi connectivity index (χ3v) is 12.5. The number of fused-ring (bicyclic) bond motifs is 2. The number of anilines is 2. The van der Waals surface area contributed by atoms with E-state index in [-0.39, 0.29) is 25.0 Å². The summed E-state index contributed by atoms with van der Waals surface area (Å²) in [5.41, 5.74) is 4.25. The molecule has 0 radical (unpaired) electrons. The lowest BCUT2D eigenvalue weighted by molar-refractivity contribution is -0.119. The van der Waals surface area contributed by atoms with Crippen molar-refractivity contribution in [3.63, 3.8) is 0 Å². The lowest BCUT2D eigenvalue weighted by atomic mass is 10.1. The molecule has 1 unspecified atom stereocenters. The molecule has 4 N–H and O–H groups in total. The maximum atomic E-state index is 13.5. The summed E-state index contributed by atoms with van der Waals surface area (Å²) < 4.78 is 10.9. The van der Waals surface area contributed by atoms with Crippen molar-refractivity contribution in [3.05, 3.63) is 145 Å². The van der Waals surface area contributed by atoms with Gasteiger partial charge < -0.3 is 30.7 Å². The van der Waals surface area contributed by atoms with Crippen LogP contribution in [0.5, 0.6) is 0 Å². The minimum Gasteiger partial charge on any atom is -0.445 e. The number of unbranched alkanes of at least 4 members (excludes halogenated alkanes) is 4. The number of ether oxygens (including phenoxy) is 2. The maximum Gasteiger partial charge on any atom is 0.408 e. The normalized spacial score (nSPS) is 11.9. The van der Waals surface area contributed by atoms with Crippen molar-refractivity contribution in [1.82, 2.24) is 20.6 Å². The number of para-hydroxylation sites is 2. The average molecular weight is 873 g/mol. The minimum absolute atomic E-state index is 0.106. The van der Waals surface area contributed by atoms with Gasteiger partial charge in [0, 0.05) is 34.7 Å². The van der Waals surface area contributed by atoms with Crippen LogP contribution in [0.25, 0.3) is 21.8 Å². The monoisotopic (exact) mass is 872 g/mol. The average Bonchev–Trinajstić information content (AvgIpc) is 3.30. The fourth-order valence-electron chi connectivity index (χ4n) is 6.69. The standard InChI is InChI=1S/C48H52N6O6S2/c55-45(51-39-27-13-21-37-23-15-29-49-43(37)39)41(53-47(57)59-33-35-17-5-1-6-18-35)25-9-3-11-31-61-62-32-12-4-10-26-42(54-48(58)60-34-36-19-7-2-8-20-36)46(56)52-40-28-14-22-38-24-16-30-50-44(38)40/h1-2,5-8,13-24,27-30,41-42H,3-4,9-12,25-26,31-34H2,(H,51,55)(H,52,56)(H,53,57)(H,54,58)/t41-,42?/m0/s1. The molecule has 0 fully saturated rings. The molecule has 2 heterocycles. The van der Waals surface area contributed by atoms with E-state index in [1.54, 1.807) is 24.5 Å². The quantitative estimate of drug-likeness (QED) is 0.0360. The first-order chi connectivity index (χ1) is 30.4. The first-order valence-electron chi connectivity index (χ1n) is 20.9. The van der Waals surface area contributed by atoms with E-state index in [0.717, 1.165) is 71.9 Å². The molecule has 0 saturated carbocycles. The molecule has 322 valence electrons. The molecule has 2 atom stereocenters. The van der Waals surface area contributed by atoms with Crippen LogP contribution in [0.15, 0.2) is 134 Å². The SMILES string of the molecule is O=C(NC(CCCCCSSCCCCC[C@H](NC(=O)OCc1ccccc1)C(=O)Nc1cccc2cccnc12)C(=O)Nc1cccc2cccnc12)OCc1ccccc1. The van der Waals surface area contributed by atoms with Gasteiger partial charge in [-0.3, -0.25) is 19.6 Å². The van der Waals surface area contributed by atoms with Crippen molar-refractivity contribution in [2.45, 2.75) is 76.7 Å². The lowest BCUT2D eigenvalue weighted by Gasteiger charge is -2.19. The Labute approximate surface area is 370 Å². The Morgan fingerprint density at radius 3 is 1.34 bits per heavy atom. The number of rotatable bonds is 23. The van der Waals surface area contributed by atoms with Crippen LogP contribution in [-0.4, -0.2) is 57.6 Å². The number of aromatic nitrogens is 2. The fraction of sp³-hybridized carbons (Fsp3) is 0.292. The van der Waals surface area contributed by atoms with Crippen LogP contribution in [0, 0.1) is 0 Å². The zero-order valence-corrected chi connectivity index (χ0v) is 36.1. The summed E-state index contributed by atoms with van der Waals surface area (Å²) in [6.45, 7) is 0.212. The van der Waals surface area contributed by atoms with Gasteiger partial charge in [0.15, 0.2) is 0 Å². The Morgan fingerprint density at radius 2 is 0.903 bits per heavy atom. The van der Waals surface area contributed by atoms with Crippen molar-refractivity contribution < 1.29 is 28.7 Å². The number of amides is 4. The molecule has 6 aromatic rings. The molecule has 6 rings (SSSR count). The largest absolute Gasteiger partial charge is 0.445 e. The Kier molecular flexibility index (Phi) is 18.3. The second-order valence-corrected chi connectivity index (χ2v) is 17.3. The number of hydrogen-bond acceptors (Lipinski definition) is 10. The number of alkyl carbamates (subject to hydrolysis) is 2. The molecular weight excluding hydrogens is 821 g/mol. The first kappa shape index (κ1) is 45.4. The Hall–Kier alpha value is -6.12. The fourth-order valence-corrected chi connectivity index (χ4v) is 8.99. The third-order valence-electron chi connectivity index (χ3n) is 9.95. The number of nitrogens with one attached hydrogen (secondary N) is 4. The van der Waals surface area contributed by atoms with Gasteiger partial charge in [0.1, 0.15) is 25.3 Å². The van der Waals surface area contributed by atoms with Gasteiger partial charge in [-0.05, 0) is 61.1 Å². The summed E-state index contributed by atoms with van der Waals surface area (Å²) in [7, 11) is 3.63. The number of benzene rings is 4. The highest BCUT2D eigenvalue weighted by atomic mass is 33.1. The molecule has 0 aliphatic carbocycles. The number of hydrogen-bond donors (Lipinski definition) is 4. The number of pyridine rings is 2. The van der Waals surface area contributed by atoms with Crippen molar-refractivity contribution >= 4 is 78.8 Å². The third kappa shape index (κ3) is 14.8. The lowest BCUT2D eigenvalue weighted by Crippen LogP contribution is -2.44. The molecule has 4 aromatic carbocycles. The second kappa shape index (κ2) is 25.0. The van der Waals surface area contributed by atoms with E-state index in [2.05, 4.69) is 31.2 Å². The molecule has 4 amide bonds. The molecule has 0 aliphatic rings. The number of nitrogens with zero attached hydrogens (tertiary/aromatic N) is 2. The van der Waals surface area contributed by atoms with Gasteiger partial charge in [-0.15, -0.1) is 0 Å². The van der Waals surface area contributed by atoms with E-state index in [9.17, 15) is 19.2 Å². The van der Waals surface area contributed by atoms with Gasteiger partial charge in [-0.2, -0.15) is 0 Å². The summed E-state index contributed by atoms with van der Waals surface area (Å²) in [6, 6.07) is 36.0. The molecule has 62 heavy (non-hydrogen) atoms. The predicted molar refractivity (Wildman–Crippen MR) is 250 cm³/mol. The van der Waals surface area contributed by atoms with Gasteiger partial charge in [0.05, 0.1) is 22.4 Å². The molecule has 0 bridgehead atoms. The van der Waals surface area contributed by atoms with Crippen molar-refractivity contribution in [2.75, 3.05) is 22.1 Å². The van der Waals surface area contributed by atoms with E-state index < -0.39 is 24.3 Å². The Balaban J connectivity index is 0.900. The molecule has 2 aromatic heterocycles. The molecule has 14 heteroatoms. The van der Waals surface area contributed by atoms with Crippen molar-refractivity contribution in [3.8, 4) is 0 Å². The van der Waals surface area contributed by atoms with Gasteiger partial charge >= 0.3 is 12.2 Å². The van der Waals surface area contributed by atoms with Crippen LogP contribution in [0.1, 0.15) is 62.5 Å². The van der Waals surface area contributed by atoms with Crippen LogP contribution in [0.3, 0.4) is 0 Å². The molecule has 0 aliphatic heterocycles. The smallest absolute Gasteiger partial charge is 0.408 e. The maximum absolute atomic E-state index is 13.5. The first-order valence-corrected chi connectivity index (χ1v) is 23.4. The van der Waals surface area contributed by atoms with Crippen LogP contribution in [0.2, 0.25) is 0 Å². The minimum atomic E-state index is -0.782. The van der Waals surface area contributed by atoms with Crippen LogP contribution in [-0.2, 0) is 32.3 Å². The summed E-state index contributed by atoms with van der Waals surface area (Å²) in [5, 5.41) is 13.3. The molecule has 12 nitrogen and oxygen atoms in total. The summed E-state index contributed by atoms with van der Waals surface area (Å²) in [6.07, 6.45) is 8.21. The highest BCUT2D eigenvalue weighted by Crippen LogP contribution is 2.26. The Morgan fingerprint density at radius 1 is 0.484 bits per heavy atom. The van der Waals surface area contributed by atoms with Crippen LogP contribution in [0.4, 0.5) is 21.0 Å². The van der Waals surface area contributed by atoms with Gasteiger partial charge in [0.25, 0.3) is 0 Å². The predicted octanol–water partition coefficient (Wildman–Crippen LogP) is 10.5. The van der Waals surface area contributed by atoms with Crippen molar-refractivity contribution in [2.24, 2.45) is 0 Å². The Bertz CT molecular complexity index is 2180. The molecule has 0 spiro atoms. The number of carbonyl (C=O) groups excluding carboxylic acids is 4. The molecular formula is C48H52N6O6S2. The zero-order valence-electron chi connectivity index (χ0n) is 34.5. The van der Waals surface area contributed by atoms with Crippen LogP contribution < -0.4 is 21.3 Å². The highest BCUT2D eigenvalue weighted by molar-refractivity contribution is 8.76. The summed E-state index contributed by atoms with van der Waals surface area (Å²) in [4.78, 5) is 61.5. The highest BCUT2D eigenvalue weighted by Gasteiger charge is 2.24. The van der Waals surface area contributed by atoms with E-state index in [1.165, 1.54) is 0 Å². The van der Waals surface area contributed by atoms with E-state index >= 15 is 0 Å². The van der Waals surface area contributed by atoms with E-state index in [1.807, 2.05) is 131 Å². The number of carbonyl (C=O) groups is 4. The molecule has 0 saturated heterocycles. The van der Waals surface area contributed by atoms with E-state index in [4.69, 9.17) is 9.47 Å².